The van der Waals surface area contributed by atoms with Gasteiger partial charge in [0.25, 0.3) is 5.91 Å². The second-order valence-electron chi connectivity index (χ2n) is 3.45. The van der Waals surface area contributed by atoms with Gasteiger partial charge in [-0.2, -0.15) is 11.8 Å². The molecule has 5 heteroatoms. The second kappa shape index (κ2) is 7.38. The van der Waals surface area contributed by atoms with Gasteiger partial charge in [0.05, 0.1) is 0 Å². The molecule has 1 aromatic rings. The summed E-state index contributed by atoms with van der Waals surface area (Å²) in [5.41, 5.74) is 0.679. The monoisotopic (exact) mass is 269 g/mol. The summed E-state index contributed by atoms with van der Waals surface area (Å²) in [5.74, 6) is 6.12. The predicted molar refractivity (Wildman–Crippen MR) is 73.6 cm³/mol. The summed E-state index contributed by atoms with van der Waals surface area (Å²) in [6.45, 7) is 1.78. The van der Waals surface area contributed by atoms with Gasteiger partial charge in [-0.25, -0.2) is 0 Å². The molecule has 0 radical (unpaired) electrons. The summed E-state index contributed by atoms with van der Waals surface area (Å²) in [6.07, 6.45) is 2.01. The van der Waals surface area contributed by atoms with Crippen LogP contribution in [-0.2, 0) is 0 Å². The molecule has 1 amide bonds. The molecular weight excluding hydrogens is 254 g/mol. The van der Waals surface area contributed by atoms with E-state index < -0.39 is 0 Å². The summed E-state index contributed by atoms with van der Waals surface area (Å²) in [5, 5.41) is 13.4. The van der Waals surface area contributed by atoms with Crippen molar-refractivity contribution in [2.24, 2.45) is 0 Å². The zero-order valence-corrected chi connectivity index (χ0v) is 11.5. The van der Waals surface area contributed by atoms with Crippen molar-refractivity contribution in [3.05, 3.63) is 21.9 Å². The van der Waals surface area contributed by atoms with Gasteiger partial charge in [-0.15, -0.1) is 11.3 Å². The SMILES string of the molecule is CSCC(C)NC(=O)c1sccc1C#CCO. The largest absolute Gasteiger partial charge is 0.384 e. The van der Waals surface area contributed by atoms with E-state index in [4.69, 9.17) is 5.11 Å². The molecule has 0 aliphatic carbocycles. The van der Waals surface area contributed by atoms with Crippen LogP contribution in [0.1, 0.15) is 22.2 Å². The van der Waals surface area contributed by atoms with Crippen molar-refractivity contribution in [2.45, 2.75) is 13.0 Å². The summed E-state index contributed by atoms with van der Waals surface area (Å²) < 4.78 is 0. The van der Waals surface area contributed by atoms with Crippen molar-refractivity contribution in [1.82, 2.24) is 5.32 Å². The molecule has 1 unspecified atom stereocenters. The van der Waals surface area contributed by atoms with E-state index in [-0.39, 0.29) is 18.6 Å². The number of thiophene rings is 1. The Bertz CT molecular complexity index is 431. The molecule has 1 aromatic heterocycles. The Hall–Kier alpha value is -0.960. The summed E-state index contributed by atoms with van der Waals surface area (Å²) in [4.78, 5) is 12.5. The van der Waals surface area contributed by atoms with Gasteiger partial charge in [0.15, 0.2) is 0 Å². The number of rotatable bonds is 4. The van der Waals surface area contributed by atoms with Crippen LogP contribution >= 0.6 is 23.1 Å². The maximum atomic E-state index is 11.9. The van der Waals surface area contributed by atoms with Crippen LogP contribution in [0, 0.1) is 11.8 Å². The highest BCUT2D eigenvalue weighted by molar-refractivity contribution is 7.98. The number of nitrogens with one attached hydrogen (secondary N) is 1. The second-order valence-corrected chi connectivity index (χ2v) is 5.28. The third-order valence-corrected chi connectivity index (χ3v) is 3.71. The van der Waals surface area contributed by atoms with Crippen LogP contribution in [0.5, 0.6) is 0 Å². The lowest BCUT2D eigenvalue weighted by atomic mass is 10.2. The number of aliphatic hydroxyl groups excluding tert-OH is 1. The van der Waals surface area contributed by atoms with Crippen molar-refractivity contribution in [1.29, 1.82) is 0 Å². The fraction of sp³-hybridized carbons (Fsp3) is 0.417. The predicted octanol–water partition coefficient (Wildman–Crippen LogP) is 1.57. The average Bonchev–Trinajstić information content (AvgIpc) is 2.74. The van der Waals surface area contributed by atoms with Gasteiger partial charge in [-0.3, -0.25) is 4.79 Å². The number of hydrogen-bond acceptors (Lipinski definition) is 4. The van der Waals surface area contributed by atoms with Gasteiger partial charge in [-0.05, 0) is 24.6 Å². The molecule has 0 aliphatic rings. The molecule has 1 rings (SSSR count). The Balaban J connectivity index is 2.72. The molecule has 92 valence electrons. The van der Waals surface area contributed by atoms with E-state index in [2.05, 4.69) is 17.2 Å². The average molecular weight is 269 g/mol. The van der Waals surface area contributed by atoms with Gasteiger partial charge < -0.3 is 10.4 Å². The highest BCUT2D eigenvalue weighted by Crippen LogP contribution is 2.16. The van der Waals surface area contributed by atoms with E-state index in [1.165, 1.54) is 11.3 Å². The lowest BCUT2D eigenvalue weighted by Gasteiger charge is -2.11. The molecule has 0 saturated carbocycles. The minimum absolute atomic E-state index is 0.0937. The molecule has 2 N–H and O–H groups in total. The van der Waals surface area contributed by atoms with E-state index in [0.29, 0.717) is 10.4 Å². The zero-order valence-electron chi connectivity index (χ0n) is 9.82. The molecule has 0 fully saturated rings. The van der Waals surface area contributed by atoms with Crippen LogP contribution in [0.2, 0.25) is 0 Å². The molecule has 3 nitrogen and oxygen atoms in total. The van der Waals surface area contributed by atoms with Gasteiger partial charge in [-0.1, -0.05) is 11.8 Å². The normalized spacial score (nSPS) is 11.5. The summed E-state index contributed by atoms with van der Waals surface area (Å²) in [7, 11) is 0. The van der Waals surface area contributed by atoms with Crippen molar-refractivity contribution < 1.29 is 9.90 Å². The summed E-state index contributed by atoms with van der Waals surface area (Å²) in [6, 6.07) is 1.93. The van der Waals surface area contributed by atoms with Gasteiger partial charge >= 0.3 is 0 Å². The maximum absolute atomic E-state index is 11.9. The first kappa shape index (κ1) is 14.1. The molecule has 17 heavy (non-hydrogen) atoms. The van der Waals surface area contributed by atoms with Gasteiger partial charge in [0, 0.05) is 17.4 Å². The number of hydrogen-bond donors (Lipinski definition) is 2. The standard InChI is InChI=1S/C12H15NO2S2/c1-9(8-16-2)13-12(15)11-10(4-3-6-14)5-7-17-11/h5,7,9,14H,6,8H2,1-2H3,(H,13,15). The fourth-order valence-corrected chi connectivity index (χ4v) is 2.63. The topological polar surface area (TPSA) is 49.3 Å². The quantitative estimate of drug-likeness (QED) is 0.816. The molecule has 0 bridgehead atoms. The number of amides is 1. The fourth-order valence-electron chi connectivity index (χ4n) is 1.30. The molecule has 1 atom stereocenters. The van der Waals surface area contributed by atoms with E-state index in [1.807, 2.05) is 18.6 Å². The third-order valence-electron chi connectivity index (χ3n) is 1.97. The first-order valence-electron chi connectivity index (χ1n) is 5.16. The smallest absolute Gasteiger partial charge is 0.262 e. The minimum atomic E-state index is -0.195. The van der Waals surface area contributed by atoms with Crippen molar-refractivity contribution in [3.63, 3.8) is 0 Å². The molecule has 0 aliphatic heterocycles. The Morgan fingerprint density at radius 1 is 1.71 bits per heavy atom. The van der Waals surface area contributed by atoms with Crippen LogP contribution in [-0.4, -0.2) is 35.7 Å². The van der Waals surface area contributed by atoms with E-state index in [1.54, 1.807) is 17.8 Å². The number of carbonyl (C=O) groups is 1. The molecule has 0 aromatic carbocycles. The lowest BCUT2D eigenvalue weighted by molar-refractivity contribution is 0.0947. The highest BCUT2D eigenvalue weighted by atomic mass is 32.2. The minimum Gasteiger partial charge on any atom is -0.384 e. The number of thioether (sulfide) groups is 1. The van der Waals surface area contributed by atoms with Crippen molar-refractivity contribution in [3.8, 4) is 11.8 Å². The molecule has 0 spiro atoms. The first-order valence-corrected chi connectivity index (χ1v) is 7.43. The van der Waals surface area contributed by atoms with Gasteiger partial charge in [0.1, 0.15) is 11.5 Å². The van der Waals surface area contributed by atoms with E-state index in [9.17, 15) is 4.79 Å². The summed E-state index contributed by atoms with van der Waals surface area (Å²) >= 11 is 3.06. The number of carbonyl (C=O) groups excluding carboxylic acids is 1. The number of aliphatic hydroxyl groups is 1. The Morgan fingerprint density at radius 2 is 2.47 bits per heavy atom. The third kappa shape index (κ3) is 4.43. The Labute approximate surface area is 110 Å². The van der Waals surface area contributed by atoms with E-state index in [0.717, 1.165) is 5.75 Å². The van der Waals surface area contributed by atoms with Crippen LogP contribution < -0.4 is 5.32 Å². The Kier molecular flexibility index (Phi) is 6.12. The maximum Gasteiger partial charge on any atom is 0.262 e. The van der Waals surface area contributed by atoms with E-state index >= 15 is 0 Å². The molecule has 1 heterocycles. The van der Waals surface area contributed by atoms with Crippen molar-refractivity contribution >= 4 is 29.0 Å². The lowest BCUT2D eigenvalue weighted by Crippen LogP contribution is -2.34. The van der Waals surface area contributed by atoms with Crippen LogP contribution in [0.15, 0.2) is 11.4 Å². The molecular formula is C12H15NO2S2. The highest BCUT2D eigenvalue weighted by Gasteiger charge is 2.13. The first-order chi connectivity index (χ1) is 8.19. The van der Waals surface area contributed by atoms with Crippen molar-refractivity contribution in [2.75, 3.05) is 18.6 Å². The van der Waals surface area contributed by atoms with Crippen LogP contribution in [0.4, 0.5) is 0 Å². The van der Waals surface area contributed by atoms with Crippen LogP contribution in [0.25, 0.3) is 0 Å². The molecule has 0 saturated heterocycles. The Morgan fingerprint density at radius 3 is 3.12 bits per heavy atom. The zero-order chi connectivity index (χ0) is 12.7. The van der Waals surface area contributed by atoms with Crippen LogP contribution in [0.3, 0.4) is 0 Å². The van der Waals surface area contributed by atoms with Gasteiger partial charge in [0.2, 0.25) is 0 Å².